The molecular weight excluding hydrogens is 1370 g/mol. The molecule has 0 aliphatic heterocycles. The molecule has 3 heterocycles. The lowest BCUT2D eigenvalue weighted by Crippen LogP contribution is -2.00. The molecule has 0 atom stereocenters. The molecule has 0 unspecified atom stereocenters. The summed E-state index contributed by atoms with van der Waals surface area (Å²) in [6.07, 6.45) is 0. The number of benzene rings is 17. The van der Waals surface area contributed by atoms with Crippen molar-refractivity contribution in [2.45, 2.75) is 0 Å². The minimum Gasteiger partial charge on any atom is -0.208 e. The minimum atomic E-state index is 0.622. The van der Waals surface area contributed by atoms with E-state index >= 15 is 0 Å². The summed E-state index contributed by atoms with van der Waals surface area (Å²) in [5.41, 5.74) is 19.8. The highest BCUT2D eigenvalue weighted by atomic mass is 32.1. The van der Waals surface area contributed by atoms with Gasteiger partial charge in [0.15, 0.2) is 34.9 Å². The van der Waals surface area contributed by atoms with Gasteiger partial charge in [0.1, 0.15) is 0 Å². The topological polar surface area (TPSA) is 125 Å². The molecule has 20 aromatic rings. The van der Waals surface area contributed by atoms with E-state index in [4.69, 9.17) is 29.9 Å². The van der Waals surface area contributed by atoms with Crippen LogP contribution in [0.5, 0.6) is 0 Å². The van der Waals surface area contributed by atoms with E-state index in [0.717, 1.165) is 122 Å². The lowest BCUT2D eigenvalue weighted by Gasteiger charge is -2.15. The number of nitriles is 2. The zero-order valence-corrected chi connectivity index (χ0v) is 60.6. The Bertz CT molecular complexity index is 6960. The molecule has 9 heteroatoms. The van der Waals surface area contributed by atoms with Crippen molar-refractivity contribution in [2.24, 2.45) is 0 Å². The molecule has 0 fully saturated rings. The van der Waals surface area contributed by atoms with Gasteiger partial charge in [-0.2, -0.15) is 10.5 Å². The van der Waals surface area contributed by atoms with Gasteiger partial charge in [0.2, 0.25) is 0 Å². The normalized spacial score (nSPS) is 11.2. The van der Waals surface area contributed by atoms with Gasteiger partial charge >= 0.3 is 0 Å². The van der Waals surface area contributed by atoms with Crippen LogP contribution in [0.15, 0.2) is 376 Å². The molecule has 0 amide bonds. The molecule has 0 aliphatic carbocycles. The number of aromatic nitrogens is 6. The predicted molar refractivity (Wildman–Crippen MR) is 457 cm³/mol. The Morgan fingerprint density at radius 1 is 0.189 bits per heavy atom. The van der Waals surface area contributed by atoms with Crippen molar-refractivity contribution in [3.05, 3.63) is 387 Å². The van der Waals surface area contributed by atoms with Crippen molar-refractivity contribution < 1.29 is 0 Å². The fourth-order valence-corrected chi connectivity index (χ4v) is 16.6. The van der Waals surface area contributed by atoms with Crippen LogP contribution in [0.3, 0.4) is 0 Å². The Balaban J connectivity index is 0.000000150. The van der Waals surface area contributed by atoms with Gasteiger partial charge in [-0.15, -0.1) is 11.3 Å². The summed E-state index contributed by atoms with van der Waals surface area (Å²) in [4.78, 5) is 29.4. The third-order valence-electron chi connectivity index (χ3n) is 20.7. The summed E-state index contributed by atoms with van der Waals surface area (Å²) in [6.45, 7) is 0. The quantitative estimate of drug-likeness (QED) is 0.111. The molecule has 17 aromatic carbocycles. The summed E-state index contributed by atoms with van der Waals surface area (Å²) >= 11 is 1.81. The molecule has 0 saturated carbocycles. The van der Waals surface area contributed by atoms with E-state index in [9.17, 15) is 10.5 Å². The summed E-state index contributed by atoms with van der Waals surface area (Å²) in [7, 11) is 0. The molecule has 8 nitrogen and oxygen atoms in total. The van der Waals surface area contributed by atoms with Crippen molar-refractivity contribution in [1.82, 2.24) is 29.9 Å². The van der Waals surface area contributed by atoms with E-state index in [0.29, 0.717) is 46.1 Å². The zero-order chi connectivity index (χ0) is 74.1. The number of hydrogen-bond acceptors (Lipinski definition) is 9. The first-order valence-corrected chi connectivity index (χ1v) is 37.6. The predicted octanol–water partition coefficient (Wildman–Crippen LogP) is 26.5. The molecule has 516 valence electrons. The average molecular weight is 1430 g/mol. The standard InChI is InChI=1S/C52H32N4.C50H30N4S/c53-33-34-29-40(31-41(30-34)49-32-39-17-7-8-18-42(39)45-19-11-12-22-48(45)49)44-28-27-43(46-20-9-10-21-47(44)46)35-23-25-38(26-24-35)52-55-50(36-13-3-1-4-14-36)54-51(56-52)37-15-5-2-6-16-37;51-31-32-28-37(30-38(29-32)41-19-11-20-45-44-18-9-10-21-46(44)55-47(41)45)40-27-26-39(42-16-7-8-17-43(40)42)33-22-24-36(25-23-33)50-53-48(34-12-3-1-4-13-34)52-49(54-50)35-14-5-2-6-15-35/h1-32H;1-30H. The van der Waals surface area contributed by atoms with Crippen LogP contribution in [0.1, 0.15) is 11.1 Å². The average Bonchev–Trinajstić information content (AvgIpc) is 1.49. The second-order valence-electron chi connectivity index (χ2n) is 27.4. The summed E-state index contributed by atoms with van der Waals surface area (Å²) in [6, 6.07) is 135. The third kappa shape index (κ3) is 12.9. The molecule has 111 heavy (non-hydrogen) atoms. The van der Waals surface area contributed by atoms with Gasteiger partial charge in [0.05, 0.1) is 23.3 Å². The van der Waals surface area contributed by atoms with Crippen molar-refractivity contribution in [2.75, 3.05) is 0 Å². The Morgan fingerprint density at radius 3 is 0.874 bits per heavy atom. The van der Waals surface area contributed by atoms with Crippen LogP contribution < -0.4 is 0 Å². The van der Waals surface area contributed by atoms with E-state index < -0.39 is 0 Å². The highest BCUT2D eigenvalue weighted by Gasteiger charge is 2.21. The van der Waals surface area contributed by atoms with E-state index in [1.54, 1.807) is 11.3 Å². The van der Waals surface area contributed by atoms with Crippen LogP contribution in [0.4, 0.5) is 0 Å². The lowest BCUT2D eigenvalue weighted by atomic mass is 9.88. The minimum absolute atomic E-state index is 0.622. The molecule has 0 radical (unpaired) electrons. The fraction of sp³-hybridized carbons (Fsp3) is 0. The van der Waals surface area contributed by atoms with Crippen LogP contribution in [0.2, 0.25) is 0 Å². The van der Waals surface area contributed by atoms with E-state index in [2.05, 4.69) is 243 Å². The highest BCUT2D eigenvalue weighted by molar-refractivity contribution is 7.26. The van der Waals surface area contributed by atoms with Crippen LogP contribution in [0.25, 0.3) is 198 Å². The molecular formula is C102H62N8S. The Hall–Kier alpha value is -15.0. The summed E-state index contributed by atoms with van der Waals surface area (Å²) in [5.74, 6) is 3.80. The Morgan fingerprint density at radius 2 is 0.477 bits per heavy atom. The Kier molecular flexibility index (Phi) is 17.4. The summed E-state index contributed by atoms with van der Waals surface area (Å²) < 4.78 is 2.50. The maximum absolute atomic E-state index is 10.3. The molecule has 0 N–H and O–H groups in total. The van der Waals surface area contributed by atoms with E-state index in [1.165, 1.54) is 41.7 Å². The first-order valence-electron chi connectivity index (χ1n) is 36.8. The SMILES string of the molecule is N#Cc1cc(-c2ccc(-c3ccc(-c4nc(-c5ccccc5)nc(-c5ccccc5)n4)cc3)c3ccccc23)cc(-c2cc3ccccc3c3ccccc23)c1.N#Cc1cc(-c2ccc(-c3ccc(-c4nc(-c5ccccc5)nc(-c5ccccc5)n4)cc3)c3ccccc23)cc(-c2cccc3c2sc2ccccc23)c1. The number of nitrogens with zero attached hydrogens (tertiary/aromatic N) is 8. The number of rotatable bonds is 12. The number of thiophene rings is 1. The van der Waals surface area contributed by atoms with Gasteiger partial charge in [-0.05, 0) is 158 Å². The molecule has 3 aromatic heterocycles. The van der Waals surface area contributed by atoms with Gasteiger partial charge in [0, 0.05) is 53.6 Å². The van der Waals surface area contributed by atoms with Crippen molar-refractivity contribution in [3.63, 3.8) is 0 Å². The van der Waals surface area contributed by atoms with Gasteiger partial charge in [0.25, 0.3) is 0 Å². The van der Waals surface area contributed by atoms with Crippen molar-refractivity contribution >= 4 is 74.6 Å². The van der Waals surface area contributed by atoms with Gasteiger partial charge in [-0.25, -0.2) is 29.9 Å². The molecule has 0 aliphatic rings. The molecule has 0 bridgehead atoms. The number of hydrogen-bond donors (Lipinski definition) is 0. The maximum atomic E-state index is 10.3. The van der Waals surface area contributed by atoms with Crippen LogP contribution in [-0.4, -0.2) is 29.9 Å². The number of fused-ring (bicyclic) bond motifs is 8. The van der Waals surface area contributed by atoms with Crippen LogP contribution in [-0.2, 0) is 0 Å². The van der Waals surface area contributed by atoms with Gasteiger partial charge in [-0.1, -0.05) is 328 Å². The second kappa shape index (κ2) is 29.0. The third-order valence-corrected chi connectivity index (χ3v) is 21.9. The lowest BCUT2D eigenvalue weighted by molar-refractivity contribution is 1.07. The Labute approximate surface area is 645 Å². The largest absolute Gasteiger partial charge is 0.208 e. The van der Waals surface area contributed by atoms with Crippen LogP contribution >= 0.6 is 11.3 Å². The smallest absolute Gasteiger partial charge is 0.164 e. The fourth-order valence-electron chi connectivity index (χ4n) is 15.4. The zero-order valence-electron chi connectivity index (χ0n) is 59.8. The monoisotopic (exact) mass is 1430 g/mol. The van der Waals surface area contributed by atoms with Gasteiger partial charge < -0.3 is 0 Å². The van der Waals surface area contributed by atoms with Crippen molar-refractivity contribution in [3.8, 4) is 147 Å². The van der Waals surface area contributed by atoms with Crippen molar-refractivity contribution in [1.29, 1.82) is 10.5 Å². The van der Waals surface area contributed by atoms with Crippen LogP contribution in [0, 0.1) is 22.7 Å². The molecule has 0 spiro atoms. The first kappa shape index (κ1) is 66.7. The molecule has 20 rings (SSSR count). The van der Waals surface area contributed by atoms with Gasteiger partial charge in [-0.3, -0.25) is 0 Å². The highest BCUT2D eigenvalue weighted by Crippen LogP contribution is 2.45. The maximum Gasteiger partial charge on any atom is 0.164 e. The van der Waals surface area contributed by atoms with E-state index in [-0.39, 0.29) is 0 Å². The first-order chi connectivity index (χ1) is 54.9. The summed E-state index contributed by atoms with van der Waals surface area (Å²) in [5, 5.41) is 32.3. The molecule has 0 saturated heterocycles. The van der Waals surface area contributed by atoms with E-state index in [1.807, 2.05) is 146 Å². The second-order valence-corrected chi connectivity index (χ2v) is 28.5.